The smallest absolute Gasteiger partial charge is 0.407 e. The van der Waals surface area contributed by atoms with Crippen molar-refractivity contribution in [2.24, 2.45) is 5.92 Å². The third-order valence-corrected chi connectivity index (χ3v) is 2.50. The lowest BCUT2D eigenvalue weighted by molar-refractivity contribution is -0.147. The van der Waals surface area contributed by atoms with E-state index in [2.05, 4.69) is 5.32 Å². The third-order valence-electron chi connectivity index (χ3n) is 2.50. The molecule has 5 nitrogen and oxygen atoms in total. The van der Waals surface area contributed by atoms with Gasteiger partial charge in [-0.05, 0) is 26.2 Å². The summed E-state index contributed by atoms with van der Waals surface area (Å²) in [4.78, 5) is 22.5. The molecule has 0 bridgehead atoms. The topological polar surface area (TPSA) is 64.6 Å². The number of unbranched alkanes of at least 4 members (excludes halogenated alkanes) is 1. The number of esters is 1. The van der Waals surface area contributed by atoms with Crippen LogP contribution in [0.2, 0.25) is 0 Å². The van der Waals surface area contributed by atoms with E-state index >= 15 is 0 Å². The molecule has 0 aliphatic rings. The molecule has 0 heterocycles. The highest BCUT2D eigenvalue weighted by Crippen LogP contribution is 2.07. The van der Waals surface area contributed by atoms with Gasteiger partial charge in [0.1, 0.15) is 0 Å². The molecule has 0 aliphatic heterocycles. The molecule has 0 spiro atoms. The van der Waals surface area contributed by atoms with E-state index in [1.165, 1.54) is 0 Å². The van der Waals surface area contributed by atoms with Crippen molar-refractivity contribution in [3.05, 3.63) is 0 Å². The van der Waals surface area contributed by atoms with Gasteiger partial charge < -0.3 is 14.8 Å². The van der Waals surface area contributed by atoms with Crippen LogP contribution < -0.4 is 5.32 Å². The predicted octanol–water partition coefficient (Wildman–Crippen LogP) is 2.49. The highest BCUT2D eigenvalue weighted by molar-refractivity contribution is 5.71. The number of hydrogen-bond donors (Lipinski definition) is 1. The molecular weight excluding hydrogens is 234 g/mol. The van der Waals surface area contributed by atoms with Crippen molar-refractivity contribution in [2.45, 2.75) is 46.5 Å². The minimum absolute atomic E-state index is 0.122. The van der Waals surface area contributed by atoms with E-state index in [9.17, 15) is 9.59 Å². The van der Waals surface area contributed by atoms with Crippen molar-refractivity contribution in [3.8, 4) is 0 Å². The Morgan fingerprint density at radius 1 is 1.17 bits per heavy atom. The summed E-state index contributed by atoms with van der Waals surface area (Å²) in [6.07, 6.45) is 2.95. The Morgan fingerprint density at radius 3 is 2.50 bits per heavy atom. The molecule has 0 aromatic carbocycles. The highest BCUT2D eigenvalue weighted by Gasteiger charge is 2.13. The maximum absolute atomic E-state index is 11.3. The van der Waals surface area contributed by atoms with Crippen LogP contribution in [0.4, 0.5) is 4.79 Å². The molecule has 0 rings (SSSR count). The Bertz CT molecular complexity index is 243. The van der Waals surface area contributed by atoms with E-state index in [4.69, 9.17) is 9.47 Å². The summed E-state index contributed by atoms with van der Waals surface area (Å²) >= 11 is 0. The molecule has 1 unspecified atom stereocenters. The van der Waals surface area contributed by atoms with Gasteiger partial charge in [-0.1, -0.05) is 20.3 Å². The van der Waals surface area contributed by atoms with E-state index < -0.39 is 0 Å². The summed E-state index contributed by atoms with van der Waals surface area (Å²) in [5.74, 6) is -0.300. The van der Waals surface area contributed by atoms with Gasteiger partial charge >= 0.3 is 12.1 Å². The molecule has 1 amide bonds. The van der Waals surface area contributed by atoms with E-state index in [-0.39, 0.29) is 18.0 Å². The fourth-order valence-corrected chi connectivity index (χ4v) is 1.36. The van der Waals surface area contributed by atoms with Crippen LogP contribution in [-0.4, -0.2) is 31.8 Å². The predicted molar refractivity (Wildman–Crippen MR) is 69.3 cm³/mol. The Hall–Kier alpha value is -1.26. The summed E-state index contributed by atoms with van der Waals surface area (Å²) in [6.45, 7) is 7.05. The highest BCUT2D eigenvalue weighted by atomic mass is 16.5. The van der Waals surface area contributed by atoms with Gasteiger partial charge in [-0.2, -0.15) is 0 Å². The quantitative estimate of drug-likeness (QED) is 0.510. The molecular formula is C13H25NO4. The van der Waals surface area contributed by atoms with Gasteiger partial charge in [0.05, 0.1) is 19.1 Å². The minimum atomic E-state index is -0.382. The lowest BCUT2D eigenvalue weighted by Gasteiger charge is -2.10. The summed E-state index contributed by atoms with van der Waals surface area (Å²) in [5, 5.41) is 2.65. The van der Waals surface area contributed by atoms with Crippen LogP contribution in [0.1, 0.15) is 46.5 Å². The lowest BCUT2D eigenvalue weighted by atomic mass is 10.1. The molecule has 0 aliphatic carbocycles. The second kappa shape index (κ2) is 10.9. The minimum Gasteiger partial charge on any atom is -0.466 e. The summed E-state index contributed by atoms with van der Waals surface area (Å²) in [7, 11) is 0. The number of rotatable bonds is 9. The SMILES string of the molecule is CCCCOC(=O)NCCCC(C)C(=O)OCC. The molecule has 0 saturated carbocycles. The average Bonchev–Trinajstić information content (AvgIpc) is 2.35. The van der Waals surface area contributed by atoms with Gasteiger partial charge in [0.15, 0.2) is 0 Å². The average molecular weight is 259 g/mol. The second-order valence-corrected chi connectivity index (χ2v) is 4.21. The van der Waals surface area contributed by atoms with Gasteiger partial charge in [0.25, 0.3) is 0 Å². The van der Waals surface area contributed by atoms with Crippen LogP contribution >= 0.6 is 0 Å². The van der Waals surface area contributed by atoms with Crippen molar-refractivity contribution >= 4 is 12.1 Å². The molecule has 5 heteroatoms. The molecule has 1 N–H and O–H groups in total. The summed E-state index contributed by atoms with van der Waals surface area (Å²) in [6, 6.07) is 0. The van der Waals surface area contributed by atoms with Gasteiger partial charge in [-0.25, -0.2) is 4.79 Å². The number of ether oxygens (including phenoxy) is 2. The van der Waals surface area contributed by atoms with Gasteiger partial charge in [-0.3, -0.25) is 4.79 Å². The van der Waals surface area contributed by atoms with Crippen LogP contribution in [0.25, 0.3) is 0 Å². The first kappa shape index (κ1) is 16.7. The van der Waals surface area contributed by atoms with Crippen LogP contribution in [0, 0.1) is 5.92 Å². The Kier molecular flexibility index (Phi) is 10.1. The van der Waals surface area contributed by atoms with Crippen molar-refractivity contribution < 1.29 is 19.1 Å². The van der Waals surface area contributed by atoms with Gasteiger partial charge in [0.2, 0.25) is 0 Å². The number of hydrogen-bond acceptors (Lipinski definition) is 4. The first-order chi connectivity index (χ1) is 8.61. The van der Waals surface area contributed by atoms with E-state index in [0.717, 1.165) is 19.3 Å². The van der Waals surface area contributed by atoms with Crippen molar-refractivity contribution in [2.75, 3.05) is 19.8 Å². The van der Waals surface area contributed by atoms with E-state index in [0.29, 0.717) is 26.2 Å². The zero-order valence-corrected chi connectivity index (χ0v) is 11.7. The zero-order chi connectivity index (χ0) is 13.8. The molecule has 18 heavy (non-hydrogen) atoms. The Balaban J connectivity index is 3.49. The number of alkyl carbamates (subject to hydrolysis) is 1. The normalized spacial score (nSPS) is 11.7. The summed E-state index contributed by atoms with van der Waals surface area (Å²) in [5.41, 5.74) is 0. The number of carbonyl (C=O) groups is 2. The van der Waals surface area contributed by atoms with Crippen molar-refractivity contribution in [1.82, 2.24) is 5.32 Å². The first-order valence-corrected chi connectivity index (χ1v) is 6.69. The van der Waals surface area contributed by atoms with Crippen molar-refractivity contribution in [1.29, 1.82) is 0 Å². The van der Waals surface area contributed by atoms with E-state index in [1.807, 2.05) is 13.8 Å². The standard InChI is InChI=1S/C13H25NO4/c1-4-6-10-18-13(16)14-9-7-8-11(3)12(15)17-5-2/h11H,4-10H2,1-3H3,(H,14,16). The van der Waals surface area contributed by atoms with E-state index in [1.54, 1.807) is 6.92 Å². The molecule has 106 valence electrons. The monoisotopic (exact) mass is 259 g/mol. The van der Waals surface area contributed by atoms with Crippen LogP contribution in [-0.2, 0) is 14.3 Å². The largest absolute Gasteiger partial charge is 0.466 e. The van der Waals surface area contributed by atoms with Gasteiger partial charge in [0, 0.05) is 6.54 Å². The number of carbonyl (C=O) groups excluding carboxylic acids is 2. The maximum Gasteiger partial charge on any atom is 0.407 e. The fourth-order valence-electron chi connectivity index (χ4n) is 1.36. The van der Waals surface area contributed by atoms with Gasteiger partial charge in [-0.15, -0.1) is 0 Å². The molecule has 0 aromatic heterocycles. The second-order valence-electron chi connectivity index (χ2n) is 4.21. The molecule has 0 saturated heterocycles. The number of amides is 1. The molecule has 0 aromatic rings. The third kappa shape index (κ3) is 8.84. The number of nitrogens with one attached hydrogen (secondary N) is 1. The molecule has 0 radical (unpaired) electrons. The first-order valence-electron chi connectivity index (χ1n) is 6.69. The zero-order valence-electron chi connectivity index (χ0n) is 11.7. The lowest BCUT2D eigenvalue weighted by Crippen LogP contribution is -2.26. The van der Waals surface area contributed by atoms with Crippen LogP contribution in [0.15, 0.2) is 0 Å². The van der Waals surface area contributed by atoms with Crippen LogP contribution in [0.5, 0.6) is 0 Å². The summed E-state index contributed by atoms with van der Waals surface area (Å²) < 4.78 is 9.83. The fraction of sp³-hybridized carbons (Fsp3) is 0.846. The Labute approximate surface area is 109 Å². The molecule has 1 atom stereocenters. The van der Waals surface area contributed by atoms with Crippen molar-refractivity contribution in [3.63, 3.8) is 0 Å². The maximum atomic E-state index is 11.3. The van der Waals surface area contributed by atoms with Crippen LogP contribution in [0.3, 0.4) is 0 Å². The Morgan fingerprint density at radius 2 is 1.89 bits per heavy atom. The molecule has 0 fully saturated rings.